The molecule has 0 radical (unpaired) electrons. The van der Waals surface area contributed by atoms with Gasteiger partial charge in [-0.25, -0.2) is 0 Å². The zero-order valence-corrected chi connectivity index (χ0v) is 16.5. The number of carbonyl (C=O) groups excluding carboxylic acids is 1. The van der Waals surface area contributed by atoms with Gasteiger partial charge in [0, 0.05) is 34.3 Å². The van der Waals surface area contributed by atoms with Gasteiger partial charge in [0.15, 0.2) is 11.5 Å². The third-order valence-corrected chi connectivity index (χ3v) is 4.93. The van der Waals surface area contributed by atoms with E-state index in [1.165, 1.54) is 7.11 Å². The highest BCUT2D eigenvalue weighted by atomic mass is 35.5. The summed E-state index contributed by atoms with van der Waals surface area (Å²) in [5, 5.41) is 4.00. The summed E-state index contributed by atoms with van der Waals surface area (Å²) in [5.74, 6) is 0.833. The summed E-state index contributed by atoms with van der Waals surface area (Å²) in [4.78, 5) is 12.3. The predicted molar refractivity (Wildman–Crippen MR) is 105 cm³/mol. The summed E-state index contributed by atoms with van der Waals surface area (Å²) >= 11 is 12.1. The van der Waals surface area contributed by atoms with Crippen molar-refractivity contribution in [1.29, 1.82) is 0 Å². The predicted octanol–water partition coefficient (Wildman–Crippen LogP) is 4.49. The van der Waals surface area contributed by atoms with Crippen molar-refractivity contribution in [1.82, 2.24) is 5.32 Å². The molecule has 1 atom stereocenters. The summed E-state index contributed by atoms with van der Waals surface area (Å²) in [6.07, 6.45) is 2.12. The topological polar surface area (TPSA) is 56.8 Å². The third-order valence-electron chi connectivity index (χ3n) is 4.34. The highest BCUT2D eigenvalue weighted by Crippen LogP contribution is 2.30. The number of halogens is 2. The van der Waals surface area contributed by atoms with Crippen molar-refractivity contribution in [3.8, 4) is 11.5 Å². The van der Waals surface area contributed by atoms with E-state index in [1.54, 1.807) is 30.3 Å². The molecule has 1 N–H and O–H groups in total. The molecular weight excluding hydrogens is 389 g/mol. The molecule has 27 heavy (non-hydrogen) atoms. The van der Waals surface area contributed by atoms with Crippen molar-refractivity contribution in [3.63, 3.8) is 0 Å². The van der Waals surface area contributed by atoms with E-state index in [4.69, 9.17) is 37.4 Å². The number of methoxy groups -OCH3 is 1. The van der Waals surface area contributed by atoms with Crippen molar-refractivity contribution in [2.45, 2.75) is 25.6 Å². The molecule has 0 spiro atoms. The van der Waals surface area contributed by atoms with Crippen LogP contribution in [0.4, 0.5) is 0 Å². The van der Waals surface area contributed by atoms with E-state index >= 15 is 0 Å². The fraction of sp³-hybridized carbons (Fsp3) is 0.350. The van der Waals surface area contributed by atoms with Crippen molar-refractivity contribution in [2.75, 3.05) is 20.3 Å². The monoisotopic (exact) mass is 409 g/mol. The molecule has 5 nitrogen and oxygen atoms in total. The standard InChI is InChI=1S/C20H21Cl2NO4/c1-25-19-9-13(20(24)23-11-16-3-2-8-26-16)5-7-18(19)27-12-14-4-6-15(21)10-17(14)22/h4-7,9-10,16H,2-3,8,11-12H2,1H3,(H,23,24)/t16-/m0/s1. The molecule has 144 valence electrons. The highest BCUT2D eigenvalue weighted by Gasteiger charge is 2.17. The maximum atomic E-state index is 12.3. The number of ether oxygens (including phenoxy) is 3. The smallest absolute Gasteiger partial charge is 0.251 e. The molecule has 0 aromatic heterocycles. The fourth-order valence-electron chi connectivity index (χ4n) is 2.84. The summed E-state index contributed by atoms with van der Waals surface area (Å²) < 4.78 is 16.7. The second-order valence-electron chi connectivity index (χ2n) is 6.24. The number of carbonyl (C=O) groups is 1. The molecule has 2 aromatic carbocycles. The Balaban J connectivity index is 1.63. The quantitative estimate of drug-likeness (QED) is 0.731. The molecule has 3 rings (SSSR count). The second kappa shape index (κ2) is 9.31. The van der Waals surface area contributed by atoms with Gasteiger partial charge < -0.3 is 19.5 Å². The molecule has 0 unspecified atom stereocenters. The number of hydrogen-bond donors (Lipinski definition) is 1. The Kier molecular flexibility index (Phi) is 6.83. The Morgan fingerprint density at radius 3 is 2.78 bits per heavy atom. The molecule has 1 aliphatic rings. The fourth-order valence-corrected chi connectivity index (χ4v) is 3.30. The third kappa shape index (κ3) is 5.28. The van der Waals surface area contributed by atoms with Crippen LogP contribution in [0.5, 0.6) is 11.5 Å². The van der Waals surface area contributed by atoms with Gasteiger partial charge in [0.05, 0.1) is 13.2 Å². The first-order valence-electron chi connectivity index (χ1n) is 8.71. The van der Waals surface area contributed by atoms with Crippen molar-refractivity contribution in [2.24, 2.45) is 0 Å². The first-order valence-corrected chi connectivity index (χ1v) is 9.47. The largest absolute Gasteiger partial charge is 0.493 e. The van der Waals surface area contributed by atoms with Crippen LogP contribution in [0, 0.1) is 0 Å². The molecule has 1 amide bonds. The van der Waals surface area contributed by atoms with Gasteiger partial charge in [-0.1, -0.05) is 29.3 Å². The van der Waals surface area contributed by atoms with Crippen LogP contribution < -0.4 is 14.8 Å². The zero-order chi connectivity index (χ0) is 19.2. The molecule has 2 aromatic rings. The number of amides is 1. The Morgan fingerprint density at radius 1 is 1.22 bits per heavy atom. The van der Waals surface area contributed by atoms with Crippen LogP contribution in [0.2, 0.25) is 10.0 Å². The molecule has 1 fully saturated rings. The maximum absolute atomic E-state index is 12.3. The average molecular weight is 410 g/mol. The van der Waals surface area contributed by atoms with Crippen LogP contribution in [0.1, 0.15) is 28.8 Å². The van der Waals surface area contributed by atoms with Crippen LogP contribution in [0.25, 0.3) is 0 Å². The van der Waals surface area contributed by atoms with E-state index in [1.807, 2.05) is 6.07 Å². The molecule has 1 saturated heterocycles. The van der Waals surface area contributed by atoms with E-state index in [-0.39, 0.29) is 18.6 Å². The molecule has 1 heterocycles. The van der Waals surface area contributed by atoms with Gasteiger partial charge in [0.2, 0.25) is 0 Å². The normalized spacial score (nSPS) is 16.2. The minimum atomic E-state index is -0.170. The molecule has 1 aliphatic heterocycles. The van der Waals surface area contributed by atoms with E-state index in [0.29, 0.717) is 33.7 Å². The van der Waals surface area contributed by atoms with E-state index in [2.05, 4.69) is 5.32 Å². The second-order valence-corrected chi connectivity index (χ2v) is 7.08. The minimum absolute atomic E-state index is 0.0996. The van der Waals surface area contributed by atoms with Crippen LogP contribution in [0.15, 0.2) is 36.4 Å². The first-order chi connectivity index (χ1) is 13.1. The Morgan fingerprint density at radius 2 is 2.07 bits per heavy atom. The van der Waals surface area contributed by atoms with Gasteiger partial charge in [-0.15, -0.1) is 0 Å². The number of benzene rings is 2. The molecule has 0 aliphatic carbocycles. The molecule has 0 bridgehead atoms. The summed E-state index contributed by atoms with van der Waals surface area (Å²) in [7, 11) is 1.53. The average Bonchev–Trinajstić information content (AvgIpc) is 3.19. The van der Waals surface area contributed by atoms with E-state index in [9.17, 15) is 4.79 Å². The van der Waals surface area contributed by atoms with E-state index in [0.717, 1.165) is 25.0 Å². The van der Waals surface area contributed by atoms with Crippen LogP contribution in [-0.4, -0.2) is 32.3 Å². The number of rotatable bonds is 7. The van der Waals surface area contributed by atoms with Gasteiger partial charge in [0.25, 0.3) is 5.91 Å². The van der Waals surface area contributed by atoms with Crippen molar-refractivity contribution < 1.29 is 19.0 Å². The zero-order valence-electron chi connectivity index (χ0n) is 15.0. The molecule has 7 heteroatoms. The minimum Gasteiger partial charge on any atom is -0.493 e. The van der Waals surface area contributed by atoms with Crippen LogP contribution in [-0.2, 0) is 11.3 Å². The molecular formula is C20H21Cl2NO4. The Bertz CT molecular complexity index is 807. The first kappa shape index (κ1) is 19.8. The summed E-state index contributed by atoms with van der Waals surface area (Å²) in [6.45, 7) is 1.53. The van der Waals surface area contributed by atoms with Crippen LogP contribution in [0.3, 0.4) is 0 Å². The Labute approximate surface area is 168 Å². The van der Waals surface area contributed by atoms with Crippen molar-refractivity contribution in [3.05, 3.63) is 57.6 Å². The highest BCUT2D eigenvalue weighted by molar-refractivity contribution is 6.35. The van der Waals surface area contributed by atoms with Crippen LogP contribution >= 0.6 is 23.2 Å². The summed E-state index contributed by atoms with van der Waals surface area (Å²) in [5.41, 5.74) is 1.31. The lowest BCUT2D eigenvalue weighted by Gasteiger charge is -2.14. The lowest BCUT2D eigenvalue weighted by molar-refractivity contribution is 0.0857. The number of nitrogens with one attached hydrogen (secondary N) is 1. The van der Waals surface area contributed by atoms with Gasteiger partial charge >= 0.3 is 0 Å². The SMILES string of the molecule is COc1cc(C(=O)NC[C@@H]2CCCO2)ccc1OCc1ccc(Cl)cc1Cl. The van der Waals surface area contributed by atoms with Gasteiger partial charge in [-0.2, -0.15) is 0 Å². The lowest BCUT2D eigenvalue weighted by atomic mass is 10.1. The van der Waals surface area contributed by atoms with Gasteiger partial charge in [-0.3, -0.25) is 4.79 Å². The van der Waals surface area contributed by atoms with Gasteiger partial charge in [0.1, 0.15) is 6.61 Å². The van der Waals surface area contributed by atoms with Gasteiger partial charge in [-0.05, 0) is 43.2 Å². The van der Waals surface area contributed by atoms with E-state index < -0.39 is 0 Å². The Hall–Kier alpha value is -1.95. The maximum Gasteiger partial charge on any atom is 0.251 e. The summed E-state index contributed by atoms with van der Waals surface area (Å²) in [6, 6.07) is 10.3. The molecule has 0 saturated carbocycles. The number of hydrogen-bond acceptors (Lipinski definition) is 4. The lowest BCUT2D eigenvalue weighted by Crippen LogP contribution is -2.31. The van der Waals surface area contributed by atoms with Crippen molar-refractivity contribution >= 4 is 29.1 Å².